The molecule has 14 heavy (non-hydrogen) atoms. The highest BCUT2D eigenvalue weighted by Gasteiger charge is 2.44. The van der Waals surface area contributed by atoms with E-state index in [9.17, 15) is 18.3 Å². The Morgan fingerprint density at radius 2 is 1.79 bits per heavy atom. The van der Waals surface area contributed by atoms with Gasteiger partial charge in [-0.2, -0.15) is 13.2 Å². The zero-order valence-corrected chi connectivity index (χ0v) is 8.57. The zero-order valence-electron chi connectivity index (χ0n) is 8.57. The molecule has 1 aliphatic rings. The van der Waals surface area contributed by atoms with Crippen molar-refractivity contribution < 1.29 is 18.3 Å². The Morgan fingerprint density at radius 3 is 2.14 bits per heavy atom. The van der Waals surface area contributed by atoms with Crippen LogP contribution in [0, 0.1) is 5.41 Å². The van der Waals surface area contributed by atoms with Gasteiger partial charge < -0.3 is 5.11 Å². The molecule has 1 rings (SSSR count). The lowest BCUT2D eigenvalue weighted by atomic mass is 9.71. The molecule has 1 atom stereocenters. The van der Waals surface area contributed by atoms with E-state index in [4.69, 9.17) is 0 Å². The highest BCUT2D eigenvalue weighted by molar-refractivity contribution is 5.21. The van der Waals surface area contributed by atoms with Crippen LogP contribution in [0.25, 0.3) is 0 Å². The van der Waals surface area contributed by atoms with E-state index < -0.39 is 22.8 Å². The molecule has 0 bridgehead atoms. The third-order valence-electron chi connectivity index (χ3n) is 2.35. The smallest absolute Gasteiger partial charge is 0.386 e. The van der Waals surface area contributed by atoms with E-state index in [2.05, 4.69) is 0 Å². The van der Waals surface area contributed by atoms with Crippen LogP contribution in [-0.4, -0.2) is 16.9 Å². The van der Waals surface area contributed by atoms with Gasteiger partial charge in [0, 0.05) is 5.57 Å². The van der Waals surface area contributed by atoms with Crippen molar-refractivity contribution in [1.29, 1.82) is 0 Å². The summed E-state index contributed by atoms with van der Waals surface area (Å²) in [6.07, 6.45) is -3.04. The minimum Gasteiger partial charge on any atom is -0.386 e. The van der Waals surface area contributed by atoms with Crippen molar-refractivity contribution in [2.24, 2.45) is 5.41 Å². The van der Waals surface area contributed by atoms with E-state index in [0.29, 0.717) is 6.42 Å². The summed E-state index contributed by atoms with van der Waals surface area (Å²) in [6.45, 7) is 4.89. The standard InChI is InChI=1S/C10H15F3O/c1-8(2)4-7(10(11,12)13)5-9(3,14)6-8/h5,14H,4,6H2,1-3H3. The molecule has 0 aromatic rings. The molecule has 82 valence electrons. The summed E-state index contributed by atoms with van der Waals surface area (Å²) in [5.41, 5.74) is -2.45. The molecule has 0 spiro atoms. The van der Waals surface area contributed by atoms with Gasteiger partial charge >= 0.3 is 6.18 Å². The molecule has 0 heterocycles. The second kappa shape index (κ2) is 2.99. The fourth-order valence-electron chi connectivity index (χ4n) is 2.21. The first-order chi connectivity index (χ1) is 6.02. The summed E-state index contributed by atoms with van der Waals surface area (Å²) < 4.78 is 37.3. The third kappa shape index (κ3) is 2.74. The lowest BCUT2D eigenvalue weighted by molar-refractivity contribution is -0.104. The summed E-state index contributed by atoms with van der Waals surface area (Å²) >= 11 is 0. The van der Waals surface area contributed by atoms with Crippen LogP contribution < -0.4 is 0 Å². The predicted octanol–water partition coefficient (Wildman–Crippen LogP) is 3.05. The summed E-state index contributed by atoms with van der Waals surface area (Å²) in [5, 5.41) is 9.67. The monoisotopic (exact) mass is 208 g/mol. The first-order valence-electron chi connectivity index (χ1n) is 4.53. The van der Waals surface area contributed by atoms with Crippen molar-refractivity contribution in [3.8, 4) is 0 Å². The maximum Gasteiger partial charge on any atom is 0.412 e. The molecule has 0 aliphatic heterocycles. The molecular formula is C10H15F3O. The van der Waals surface area contributed by atoms with Gasteiger partial charge in [0.1, 0.15) is 0 Å². The van der Waals surface area contributed by atoms with E-state index >= 15 is 0 Å². The van der Waals surface area contributed by atoms with Gasteiger partial charge in [-0.3, -0.25) is 0 Å². The Kier molecular flexibility index (Phi) is 2.47. The molecule has 0 fully saturated rings. The van der Waals surface area contributed by atoms with Gasteiger partial charge in [0.15, 0.2) is 0 Å². The maximum atomic E-state index is 12.4. The first kappa shape index (κ1) is 11.6. The van der Waals surface area contributed by atoms with Crippen molar-refractivity contribution in [3.63, 3.8) is 0 Å². The van der Waals surface area contributed by atoms with Crippen LogP contribution in [0.4, 0.5) is 13.2 Å². The Hall–Kier alpha value is -0.510. The van der Waals surface area contributed by atoms with E-state index in [1.165, 1.54) is 6.92 Å². The molecule has 1 unspecified atom stereocenters. The molecule has 0 aromatic heterocycles. The predicted molar refractivity (Wildman–Crippen MR) is 47.8 cm³/mol. The summed E-state index contributed by atoms with van der Waals surface area (Å²) in [4.78, 5) is 0. The van der Waals surface area contributed by atoms with Crippen LogP contribution in [0.5, 0.6) is 0 Å². The number of allylic oxidation sites excluding steroid dienone is 1. The van der Waals surface area contributed by atoms with Crippen LogP contribution in [0.2, 0.25) is 0 Å². The fraction of sp³-hybridized carbons (Fsp3) is 0.800. The Morgan fingerprint density at radius 1 is 1.29 bits per heavy atom. The molecule has 0 saturated carbocycles. The Balaban J connectivity index is 3.03. The van der Waals surface area contributed by atoms with Crippen molar-refractivity contribution in [3.05, 3.63) is 11.6 Å². The minimum atomic E-state index is -4.32. The number of hydrogen-bond donors (Lipinski definition) is 1. The van der Waals surface area contributed by atoms with Gasteiger partial charge in [-0.1, -0.05) is 13.8 Å². The maximum absolute atomic E-state index is 12.4. The summed E-state index contributed by atoms with van der Waals surface area (Å²) in [7, 11) is 0. The van der Waals surface area contributed by atoms with Gasteiger partial charge in [-0.25, -0.2) is 0 Å². The first-order valence-corrected chi connectivity index (χ1v) is 4.53. The average Bonchev–Trinajstić information content (AvgIpc) is 1.76. The molecule has 1 aliphatic carbocycles. The van der Waals surface area contributed by atoms with Crippen molar-refractivity contribution >= 4 is 0 Å². The fourth-order valence-corrected chi connectivity index (χ4v) is 2.21. The minimum absolute atomic E-state index is 0.0212. The molecule has 0 amide bonds. The normalized spacial score (nSPS) is 32.6. The molecule has 1 nitrogen and oxygen atoms in total. The Labute approximate surface area is 81.6 Å². The molecule has 1 N–H and O–H groups in total. The number of halogens is 3. The van der Waals surface area contributed by atoms with Gasteiger partial charge in [0.2, 0.25) is 0 Å². The van der Waals surface area contributed by atoms with Gasteiger partial charge in [0.05, 0.1) is 5.60 Å². The van der Waals surface area contributed by atoms with Gasteiger partial charge in [-0.05, 0) is 31.3 Å². The van der Waals surface area contributed by atoms with E-state index in [-0.39, 0.29) is 6.42 Å². The lowest BCUT2D eigenvalue weighted by Gasteiger charge is -2.38. The number of aliphatic hydroxyl groups is 1. The topological polar surface area (TPSA) is 20.2 Å². The average molecular weight is 208 g/mol. The summed E-state index contributed by atoms with van der Waals surface area (Å²) in [6, 6.07) is 0. The molecule has 0 radical (unpaired) electrons. The zero-order chi connectivity index (χ0) is 11.2. The van der Waals surface area contributed by atoms with Gasteiger partial charge in [-0.15, -0.1) is 0 Å². The summed E-state index contributed by atoms with van der Waals surface area (Å²) in [5.74, 6) is 0. The second-order valence-corrected chi connectivity index (χ2v) is 5.04. The highest BCUT2D eigenvalue weighted by Crippen LogP contribution is 2.45. The quantitative estimate of drug-likeness (QED) is 0.606. The SMILES string of the molecule is CC1(O)C=C(C(F)(F)F)CC(C)(C)C1. The molecule has 4 heteroatoms. The van der Waals surface area contributed by atoms with Crippen LogP contribution in [0.1, 0.15) is 33.6 Å². The van der Waals surface area contributed by atoms with Crippen LogP contribution in [0.3, 0.4) is 0 Å². The van der Waals surface area contributed by atoms with Crippen LogP contribution in [-0.2, 0) is 0 Å². The van der Waals surface area contributed by atoms with Crippen LogP contribution in [0.15, 0.2) is 11.6 Å². The highest BCUT2D eigenvalue weighted by atomic mass is 19.4. The van der Waals surface area contributed by atoms with E-state index in [0.717, 1.165) is 6.08 Å². The number of alkyl halides is 3. The largest absolute Gasteiger partial charge is 0.412 e. The molecule has 0 aromatic carbocycles. The number of rotatable bonds is 0. The Bertz CT molecular complexity index is 261. The van der Waals surface area contributed by atoms with E-state index in [1.807, 2.05) is 0 Å². The third-order valence-corrected chi connectivity index (χ3v) is 2.35. The van der Waals surface area contributed by atoms with Crippen molar-refractivity contribution in [2.75, 3.05) is 0 Å². The van der Waals surface area contributed by atoms with Crippen molar-refractivity contribution in [1.82, 2.24) is 0 Å². The van der Waals surface area contributed by atoms with Gasteiger partial charge in [0.25, 0.3) is 0 Å². The molecular weight excluding hydrogens is 193 g/mol. The van der Waals surface area contributed by atoms with Crippen LogP contribution >= 0.6 is 0 Å². The van der Waals surface area contributed by atoms with Crippen molar-refractivity contribution in [2.45, 2.75) is 45.4 Å². The lowest BCUT2D eigenvalue weighted by Crippen LogP contribution is -2.37. The number of hydrogen-bond acceptors (Lipinski definition) is 1. The van der Waals surface area contributed by atoms with E-state index in [1.54, 1.807) is 13.8 Å². The second-order valence-electron chi connectivity index (χ2n) is 5.04. The molecule has 0 saturated heterocycles.